The van der Waals surface area contributed by atoms with Gasteiger partial charge in [-0.25, -0.2) is 4.79 Å². The SMILES string of the molecule is CC(=O)NC(CSSCC(N)C(=O)O)C(=O)NC(C)C(=O)NC(CCCN=C(N)N)C(=O)NC(CCCN=C(N)N)C(=O)NC(CCCN=C(N)N)C(=O)NC(C)C(=O)NC(CCCN=C(N)N)C(=O)O. The van der Waals surface area contributed by atoms with Crippen LogP contribution < -0.4 is 88.8 Å². The molecule has 33 heteroatoms. The van der Waals surface area contributed by atoms with Gasteiger partial charge in [-0.05, 0) is 65.2 Å². The van der Waals surface area contributed by atoms with Crippen LogP contribution >= 0.6 is 21.6 Å². The molecule has 0 bridgehead atoms. The standard InChI is InChI=1S/C38H72N20O11S2/c1-18(53-32(65)26(54-20(3)59)17-71-70-16-21(39)33(66)67)27(60)55-23(9-5-13-49-36(42)43)30(63)57-24(10-6-14-50-37(44)45)31(64)56-22(8-4-12-48-35(40)41)29(62)52-19(2)28(61)58-25(34(68)69)11-7-15-51-38(46)47/h18-19,21-26H,4-17,39H2,1-3H3,(H,52,62)(H,53,65)(H,54,59)(H,55,60)(H,56,64)(H,57,63)(H,58,61)(H,66,67)(H,68,69)(H4,40,41,48)(H4,42,43,49)(H4,44,45,50)(H4,46,47,51). The van der Waals surface area contributed by atoms with Crippen molar-refractivity contribution in [2.24, 2.45) is 71.6 Å². The zero-order valence-electron chi connectivity index (χ0n) is 39.9. The van der Waals surface area contributed by atoms with Gasteiger partial charge in [-0.3, -0.25) is 58.3 Å². The number of carboxylic acid groups (broad SMARTS) is 2. The number of nitrogens with zero attached hydrogens (tertiary/aromatic N) is 4. The van der Waals surface area contributed by atoms with Crippen molar-refractivity contribution in [3.05, 3.63) is 0 Å². The number of carbonyl (C=O) groups is 9. The van der Waals surface area contributed by atoms with Crippen molar-refractivity contribution in [2.45, 2.75) is 120 Å². The second-order valence-electron chi connectivity index (χ2n) is 15.6. The van der Waals surface area contributed by atoms with E-state index in [0.717, 1.165) is 21.6 Å². The molecule has 0 saturated heterocycles. The molecule has 0 fully saturated rings. The van der Waals surface area contributed by atoms with E-state index in [1.807, 2.05) is 0 Å². The van der Waals surface area contributed by atoms with Gasteiger partial charge in [0, 0.05) is 44.6 Å². The van der Waals surface area contributed by atoms with E-state index in [4.69, 9.17) is 56.7 Å². The molecule has 0 aliphatic rings. The van der Waals surface area contributed by atoms with Gasteiger partial charge >= 0.3 is 11.9 Å². The molecule has 0 aromatic heterocycles. The Kier molecular flexibility index (Phi) is 31.6. The molecular weight excluding hydrogens is 977 g/mol. The van der Waals surface area contributed by atoms with Crippen molar-refractivity contribution in [1.82, 2.24) is 37.2 Å². The van der Waals surface area contributed by atoms with Gasteiger partial charge in [0.1, 0.15) is 48.3 Å². The lowest BCUT2D eigenvalue weighted by Gasteiger charge is -2.27. The van der Waals surface area contributed by atoms with Crippen LogP contribution in [-0.2, 0) is 43.2 Å². The summed E-state index contributed by atoms with van der Waals surface area (Å²) >= 11 is 0. The fourth-order valence-electron chi connectivity index (χ4n) is 5.71. The van der Waals surface area contributed by atoms with E-state index >= 15 is 0 Å². The lowest BCUT2D eigenvalue weighted by Crippen LogP contribution is -2.59. The molecule has 0 saturated carbocycles. The van der Waals surface area contributed by atoms with Crippen LogP contribution in [0.4, 0.5) is 0 Å². The minimum absolute atomic E-state index is 0.00176. The van der Waals surface area contributed by atoms with Gasteiger partial charge < -0.3 is 99.0 Å². The molecule has 0 spiro atoms. The Morgan fingerprint density at radius 1 is 0.423 bits per heavy atom. The molecule has 8 unspecified atom stereocenters. The summed E-state index contributed by atoms with van der Waals surface area (Å²) in [5.41, 5.74) is 48.9. The van der Waals surface area contributed by atoms with E-state index in [0.29, 0.717) is 0 Å². The Bertz CT molecular complexity index is 1910. The Balaban J connectivity index is 6.54. The third-order valence-electron chi connectivity index (χ3n) is 9.38. The Hall–Kier alpha value is -7.03. The van der Waals surface area contributed by atoms with Crippen LogP contribution in [0.5, 0.6) is 0 Å². The van der Waals surface area contributed by atoms with Gasteiger partial charge in [0.25, 0.3) is 0 Å². The summed E-state index contributed by atoms with van der Waals surface area (Å²) in [4.78, 5) is 132. The first kappa shape index (κ1) is 64.0. The molecule has 27 N–H and O–H groups in total. The maximum atomic E-state index is 14.1. The number of hydrogen-bond acceptors (Lipinski definition) is 16. The van der Waals surface area contributed by atoms with Gasteiger partial charge in [-0.1, -0.05) is 21.6 Å². The second-order valence-corrected chi connectivity index (χ2v) is 18.2. The fourth-order valence-corrected chi connectivity index (χ4v) is 7.99. The molecule has 8 atom stereocenters. The van der Waals surface area contributed by atoms with Crippen LogP contribution in [0, 0.1) is 0 Å². The van der Waals surface area contributed by atoms with Crippen LogP contribution in [0.3, 0.4) is 0 Å². The lowest BCUT2D eigenvalue weighted by molar-refractivity contribution is -0.142. The molecule has 0 aromatic carbocycles. The van der Waals surface area contributed by atoms with Crippen molar-refractivity contribution in [3.63, 3.8) is 0 Å². The summed E-state index contributed by atoms with van der Waals surface area (Å²) in [5, 5.41) is 36.1. The van der Waals surface area contributed by atoms with E-state index < -0.39 is 102 Å². The molecule has 402 valence electrons. The topological polar surface area (TPSA) is 562 Å². The Morgan fingerprint density at radius 3 is 1.04 bits per heavy atom. The molecule has 0 aliphatic carbocycles. The third-order valence-corrected chi connectivity index (χ3v) is 11.8. The van der Waals surface area contributed by atoms with E-state index in [2.05, 4.69) is 57.2 Å². The van der Waals surface area contributed by atoms with Crippen molar-refractivity contribution in [3.8, 4) is 0 Å². The van der Waals surface area contributed by atoms with Crippen LogP contribution in [-0.4, -0.2) is 173 Å². The van der Waals surface area contributed by atoms with E-state index in [9.17, 15) is 48.3 Å². The quantitative estimate of drug-likeness (QED) is 0.0120. The predicted octanol–water partition coefficient (Wildman–Crippen LogP) is -7.47. The largest absolute Gasteiger partial charge is 0.480 e. The summed E-state index contributed by atoms with van der Waals surface area (Å²) in [5.74, 6) is -9.30. The van der Waals surface area contributed by atoms with Gasteiger partial charge in [0.2, 0.25) is 41.4 Å². The van der Waals surface area contributed by atoms with Crippen molar-refractivity contribution in [1.29, 1.82) is 0 Å². The van der Waals surface area contributed by atoms with E-state index in [1.165, 1.54) is 20.8 Å². The first-order valence-corrected chi connectivity index (χ1v) is 24.5. The number of guanidine groups is 4. The van der Waals surface area contributed by atoms with Crippen molar-refractivity contribution >= 4 is 98.7 Å². The molecular formula is C38H72N20O11S2. The monoisotopic (exact) mass is 1050 g/mol. The summed E-state index contributed by atoms with van der Waals surface area (Å²) in [6.45, 7) is 3.91. The molecule has 71 heavy (non-hydrogen) atoms. The minimum Gasteiger partial charge on any atom is -0.480 e. The van der Waals surface area contributed by atoms with E-state index in [1.54, 1.807) is 0 Å². The highest BCUT2D eigenvalue weighted by Gasteiger charge is 2.32. The number of amides is 7. The van der Waals surface area contributed by atoms with Gasteiger partial charge in [0.15, 0.2) is 23.8 Å². The van der Waals surface area contributed by atoms with Crippen molar-refractivity contribution < 1.29 is 53.4 Å². The molecule has 0 rings (SSSR count). The summed E-state index contributed by atoms with van der Waals surface area (Å²) in [7, 11) is 2.12. The third kappa shape index (κ3) is 30.2. The van der Waals surface area contributed by atoms with Crippen molar-refractivity contribution in [2.75, 3.05) is 37.7 Å². The number of nitrogens with two attached hydrogens (primary N) is 9. The van der Waals surface area contributed by atoms with E-state index in [-0.39, 0.29) is 113 Å². The molecule has 0 radical (unpaired) electrons. The smallest absolute Gasteiger partial charge is 0.326 e. The zero-order chi connectivity index (χ0) is 54.2. The highest BCUT2D eigenvalue weighted by Crippen LogP contribution is 2.23. The number of carboxylic acids is 2. The number of rotatable bonds is 36. The fraction of sp³-hybridized carbons (Fsp3) is 0.658. The van der Waals surface area contributed by atoms with Crippen LogP contribution in [0.2, 0.25) is 0 Å². The van der Waals surface area contributed by atoms with Gasteiger partial charge in [-0.15, -0.1) is 0 Å². The zero-order valence-corrected chi connectivity index (χ0v) is 41.5. The summed E-state index contributed by atoms with van der Waals surface area (Å²) in [6.07, 6.45) is 0.165. The molecule has 7 amide bonds. The number of aliphatic imine (C=N–C) groups is 4. The number of aliphatic carboxylic acids is 2. The maximum absolute atomic E-state index is 14.1. The molecule has 0 heterocycles. The van der Waals surface area contributed by atoms with Crippen LogP contribution in [0.15, 0.2) is 20.0 Å². The highest BCUT2D eigenvalue weighted by molar-refractivity contribution is 8.76. The summed E-state index contributed by atoms with van der Waals surface area (Å²) in [6, 6.07) is -10.5. The van der Waals surface area contributed by atoms with Crippen LogP contribution in [0.25, 0.3) is 0 Å². The number of hydrogen-bond donors (Lipinski definition) is 18. The molecule has 0 aromatic rings. The van der Waals surface area contributed by atoms with Gasteiger partial charge in [-0.2, -0.15) is 0 Å². The average Bonchev–Trinajstić information content (AvgIpc) is 3.27. The highest BCUT2D eigenvalue weighted by atomic mass is 33.1. The molecule has 0 aliphatic heterocycles. The lowest BCUT2D eigenvalue weighted by atomic mass is 10.0. The summed E-state index contributed by atoms with van der Waals surface area (Å²) < 4.78 is 0. The maximum Gasteiger partial charge on any atom is 0.326 e. The Morgan fingerprint density at radius 2 is 0.718 bits per heavy atom. The normalized spacial score (nSPS) is 14.0. The number of carbonyl (C=O) groups excluding carboxylic acids is 7. The van der Waals surface area contributed by atoms with Gasteiger partial charge in [0.05, 0.1) is 0 Å². The van der Waals surface area contributed by atoms with Crippen LogP contribution in [0.1, 0.15) is 72.1 Å². The number of nitrogens with one attached hydrogen (secondary N) is 7. The predicted molar refractivity (Wildman–Crippen MR) is 268 cm³/mol. The second kappa shape index (κ2) is 35.1. The first-order valence-electron chi connectivity index (χ1n) is 22.0. The first-order chi connectivity index (χ1) is 33.2. The minimum atomic E-state index is -1.42. The molecule has 31 nitrogen and oxygen atoms in total. The Labute approximate surface area is 417 Å². The average molecular weight is 1050 g/mol.